The molecular weight excluding hydrogens is 163 g/mol. The second-order valence-electron chi connectivity index (χ2n) is 3.34. The second-order valence-corrected chi connectivity index (χ2v) is 3.34. The van der Waals surface area contributed by atoms with Crippen molar-refractivity contribution < 1.29 is 4.39 Å². The van der Waals surface area contributed by atoms with E-state index in [-0.39, 0.29) is 5.82 Å². The zero-order valence-corrected chi connectivity index (χ0v) is 8.23. The van der Waals surface area contributed by atoms with Crippen molar-refractivity contribution in [3.8, 4) is 0 Å². The highest BCUT2D eigenvalue weighted by Gasteiger charge is 2.02. The Labute approximate surface area is 79.1 Å². The van der Waals surface area contributed by atoms with Gasteiger partial charge in [-0.05, 0) is 30.5 Å². The third kappa shape index (κ3) is 2.41. The molecular formula is C12H15F. The van der Waals surface area contributed by atoms with Gasteiger partial charge in [0, 0.05) is 5.56 Å². The quantitative estimate of drug-likeness (QED) is 0.660. The first-order chi connectivity index (χ1) is 6.15. The van der Waals surface area contributed by atoms with Gasteiger partial charge in [0.25, 0.3) is 0 Å². The topological polar surface area (TPSA) is 0 Å². The number of halogens is 1. The predicted octanol–water partition coefficient (Wildman–Crippen LogP) is 3.81. The summed E-state index contributed by atoms with van der Waals surface area (Å²) in [6.07, 6.45) is 1.99. The van der Waals surface area contributed by atoms with E-state index in [1.54, 1.807) is 6.07 Å². The molecule has 0 fully saturated rings. The highest BCUT2D eigenvalue weighted by molar-refractivity contribution is 5.62. The van der Waals surface area contributed by atoms with Gasteiger partial charge in [0.2, 0.25) is 0 Å². The Bertz CT molecular complexity index is 313. The highest BCUT2D eigenvalue weighted by Crippen LogP contribution is 2.18. The Kier molecular flexibility index (Phi) is 3.24. The van der Waals surface area contributed by atoms with Crippen molar-refractivity contribution in [1.29, 1.82) is 0 Å². The van der Waals surface area contributed by atoms with E-state index in [0.717, 1.165) is 24.0 Å². The fraction of sp³-hybridized carbons (Fsp3) is 0.333. The maximum absolute atomic E-state index is 13.4. The Hall–Kier alpha value is -1.11. The summed E-state index contributed by atoms with van der Waals surface area (Å²) in [7, 11) is 0. The SMILES string of the molecule is C=C(C)c1ccc(CCC)cc1F. The molecule has 1 aromatic rings. The Balaban J connectivity index is 2.98. The highest BCUT2D eigenvalue weighted by atomic mass is 19.1. The molecule has 13 heavy (non-hydrogen) atoms. The Morgan fingerprint density at radius 2 is 2.15 bits per heavy atom. The average Bonchev–Trinajstić information content (AvgIpc) is 2.04. The van der Waals surface area contributed by atoms with Gasteiger partial charge < -0.3 is 0 Å². The van der Waals surface area contributed by atoms with Gasteiger partial charge >= 0.3 is 0 Å². The van der Waals surface area contributed by atoms with Gasteiger partial charge in [-0.25, -0.2) is 4.39 Å². The normalized spacial score (nSPS) is 10.1. The molecule has 0 heterocycles. The van der Waals surface area contributed by atoms with Gasteiger partial charge in [0.05, 0.1) is 0 Å². The molecule has 1 heteroatoms. The van der Waals surface area contributed by atoms with Crippen LogP contribution in [0.1, 0.15) is 31.4 Å². The second kappa shape index (κ2) is 4.22. The van der Waals surface area contributed by atoms with E-state index < -0.39 is 0 Å². The van der Waals surface area contributed by atoms with Crippen molar-refractivity contribution in [1.82, 2.24) is 0 Å². The lowest BCUT2D eigenvalue weighted by molar-refractivity contribution is 0.621. The van der Waals surface area contributed by atoms with Crippen LogP contribution in [-0.4, -0.2) is 0 Å². The van der Waals surface area contributed by atoms with Crippen LogP contribution in [0.4, 0.5) is 4.39 Å². The fourth-order valence-corrected chi connectivity index (χ4v) is 1.35. The standard InChI is InChI=1S/C12H15F/c1-4-5-10-6-7-11(9(2)3)12(13)8-10/h6-8H,2,4-5H2,1,3H3. The van der Waals surface area contributed by atoms with E-state index in [1.807, 2.05) is 19.1 Å². The summed E-state index contributed by atoms with van der Waals surface area (Å²) >= 11 is 0. The molecule has 70 valence electrons. The number of aryl methyl sites for hydroxylation is 1. The van der Waals surface area contributed by atoms with Crippen molar-refractivity contribution >= 4 is 5.57 Å². The molecule has 0 aromatic heterocycles. The monoisotopic (exact) mass is 178 g/mol. The minimum atomic E-state index is -0.154. The fourth-order valence-electron chi connectivity index (χ4n) is 1.35. The molecule has 1 aromatic carbocycles. The lowest BCUT2D eigenvalue weighted by Crippen LogP contribution is -1.90. The van der Waals surface area contributed by atoms with Gasteiger partial charge in [0.15, 0.2) is 0 Å². The smallest absolute Gasteiger partial charge is 0.130 e. The van der Waals surface area contributed by atoms with Gasteiger partial charge in [-0.15, -0.1) is 0 Å². The van der Waals surface area contributed by atoms with Crippen molar-refractivity contribution in [2.45, 2.75) is 26.7 Å². The third-order valence-corrected chi connectivity index (χ3v) is 2.03. The van der Waals surface area contributed by atoms with Crippen LogP contribution in [-0.2, 0) is 6.42 Å². The summed E-state index contributed by atoms with van der Waals surface area (Å²) in [6, 6.07) is 5.38. The molecule has 0 N–H and O–H groups in total. The minimum absolute atomic E-state index is 0.154. The summed E-state index contributed by atoms with van der Waals surface area (Å²) < 4.78 is 13.4. The molecule has 0 unspecified atom stereocenters. The molecule has 0 spiro atoms. The molecule has 0 bridgehead atoms. The van der Waals surface area contributed by atoms with Crippen LogP contribution >= 0.6 is 0 Å². The van der Waals surface area contributed by atoms with E-state index in [2.05, 4.69) is 13.5 Å². The van der Waals surface area contributed by atoms with Gasteiger partial charge in [-0.3, -0.25) is 0 Å². The maximum atomic E-state index is 13.4. The number of benzene rings is 1. The van der Waals surface area contributed by atoms with Crippen LogP contribution in [0.2, 0.25) is 0 Å². The van der Waals surface area contributed by atoms with Gasteiger partial charge in [-0.2, -0.15) is 0 Å². The number of hydrogen-bond acceptors (Lipinski definition) is 0. The van der Waals surface area contributed by atoms with Crippen LogP contribution in [0.25, 0.3) is 5.57 Å². The van der Waals surface area contributed by atoms with Crippen LogP contribution in [0, 0.1) is 5.82 Å². The predicted molar refractivity (Wildman–Crippen MR) is 55.1 cm³/mol. The van der Waals surface area contributed by atoms with E-state index >= 15 is 0 Å². The van der Waals surface area contributed by atoms with Gasteiger partial charge in [0.1, 0.15) is 5.82 Å². The average molecular weight is 178 g/mol. The summed E-state index contributed by atoms with van der Waals surface area (Å²) in [6.45, 7) is 7.63. The van der Waals surface area contributed by atoms with E-state index in [4.69, 9.17) is 0 Å². The maximum Gasteiger partial charge on any atom is 0.130 e. The molecule has 0 amide bonds. The first kappa shape index (κ1) is 9.97. The molecule has 0 atom stereocenters. The molecule has 0 nitrogen and oxygen atoms in total. The number of hydrogen-bond donors (Lipinski definition) is 0. The van der Waals surface area contributed by atoms with E-state index in [1.165, 1.54) is 0 Å². The van der Waals surface area contributed by atoms with Crippen molar-refractivity contribution in [2.24, 2.45) is 0 Å². The lowest BCUT2D eigenvalue weighted by atomic mass is 10.0. The summed E-state index contributed by atoms with van der Waals surface area (Å²) in [4.78, 5) is 0. The van der Waals surface area contributed by atoms with Crippen LogP contribution in [0.15, 0.2) is 24.8 Å². The lowest BCUT2D eigenvalue weighted by Gasteiger charge is -2.04. The Morgan fingerprint density at radius 1 is 1.46 bits per heavy atom. The first-order valence-electron chi connectivity index (χ1n) is 4.59. The number of allylic oxidation sites excluding steroid dienone is 1. The third-order valence-electron chi connectivity index (χ3n) is 2.03. The Morgan fingerprint density at radius 3 is 2.62 bits per heavy atom. The molecule has 0 aliphatic carbocycles. The molecule has 1 rings (SSSR count). The molecule has 0 aliphatic heterocycles. The zero-order valence-electron chi connectivity index (χ0n) is 8.23. The van der Waals surface area contributed by atoms with E-state index in [9.17, 15) is 4.39 Å². The summed E-state index contributed by atoms with van der Waals surface area (Å²) in [5.41, 5.74) is 2.46. The first-order valence-corrected chi connectivity index (χ1v) is 4.59. The largest absolute Gasteiger partial charge is 0.206 e. The van der Waals surface area contributed by atoms with Crippen molar-refractivity contribution in [3.63, 3.8) is 0 Å². The van der Waals surface area contributed by atoms with Crippen LogP contribution in [0.3, 0.4) is 0 Å². The number of rotatable bonds is 3. The van der Waals surface area contributed by atoms with Crippen molar-refractivity contribution in [3.05, 3.63) is 41.7 Å². The van der Waals surface area contributed by atoms with Crippen LogP contribution < -0.4 is 0 Å². The van der Waals surface area contributed by atoms with E-state index in [0.29, 0.717) is 5.56 Å². The van der Waals surface area contributed by atoms with Crippen molar-refractivity contribution in [2.75, 3.05) is 0 Å². The molecule has 0 saturated carbocycles. The zero-order chi connectivity index (χ0) is 9.84. The molecule has 0 aliphatic rings. The summed E-state index contributed by atoms with van der Waals surface area (Å²) in [5.74, 6) is -0.154. The molecule has 0 saturated heterocycles. The minimum Gasteiger partial charge on any atom is -0.206 e. The molecule has 0 radical (unpaired) electrons. The summed E-state index contributed by atoms with van der Waals surface area (Å²) in [5, 5.41) is 0. The van der Waals surface area contributed by atoms with Gasteiger partial charge in [-0.1, -0.05) is 32.1 Å². The van der Waals surface area contributed by atoms with Crippen LogP contribution in [0.5, 0.6) is 0 Å².